The quantitative estimate of drug-likeness (QED) is 0.321. The Kier molecular flexibility index (Phi) is 12.1. The van der Waals surface area contributed by atoms with Crippen molar-refractivity contribution >= 4 is 47.2 Å². The highest BCUT2D eigenvalue weighted by Gasteiger charge is 2.45. The monoisotopic (exact) mass is 743 g/mol. The molecule has 4 saturated heterocycles. The van der Waals surface area contributed by atoms with Crippen LogP contribution in [0.15, 0.2) is 54.6 Å². The number of urea groups is 1. The second-order valence-electron chi connectivity index (χ2n) is 14.8. The van der Waals surface area contributed by atoms with E-state index in [4.69, 9.17) is 4.74 Å². The first-order valence-corrected chi connectivity index (χ1v) is 18.8. The fourth-order valence-electron chi connectivity index (χ4n) is 7.80. The standard InChI is InChI=1S/C39H49N7O8/c1-24-13-15-27(16-14-24)41-39(53)43-28(20-26-9-4-3-5-10-26)34(48)42-29-23-54-38(52)32-19-25(2)22-46(32)33(47)21-40-35(49)30-11-6-7-17-44(30)37(51)31-12-8-18-45(31)36(29)50/h3-5,9-10,13-16,25,28-32H,6-8,11-12,17-23H2,1-2H3,(H,40,49)(H,42,48)(H2,41,43,53)/t25-,28+,29+,30+,31+,32+/m1/s1. The van der Waals surface area contributed by atoms with E-state index in [-0.39, 0.29) is 37.9 Å². The molecule has 0 unspecified atom stereocenters. The van der Waals surface area contributed by atoms with Crippen LogP contribution in [0.2, 0.25) is 0 Å². The van der Waals surface area contributed by atoms with E-state index in [1.807, 2.05) is 44.2 Å². The number of aryl methyl sites for hydroxylation is 1. The number of piperidine rings is 1. The van der Waals surface area contributed by atoms with E-state index in [1.165, 1.54) is 14.7 Å². The number of nitrogens with one attached hydrogen (secondary N) is 4. The van der Waals surface area contributed by atoms with E-state index in [2.05, 4.69) is 21.3 Å². The summed E-state index contributed by atoms with van der Waals surface area (Å²) >= 11 is 0. The lowest BCUT2D eigenvalue weighted by molar-refractivity contribution is -0.157. The van der Waals surface area contributed by atoms with Gasteiger partial charge in [0.1, 0.15) is 36.8 Å². The highest BCUT2D eigenvalue weighted by atomic mass is 16.5. The summed E-state index contributed by atoms with van der Waals surface area (Å²) in [6.45, 7) is 3.73. The molecule has 15 heteroatoms. The van der Waals surface area contributed by atoms with Gasteiger partial charge in [0.2, 0.25) is 29.5 Å². The summed E-state index contributed by atoms with van der Waals surface area (Å²) in [6, 6.07) is 10.3. The first-order chi connectivity index (χ1) is 26.0. The Labute approximate surface area is 314 Å². The molecule has 0 bridgehead atoms. The molecular weight excluding hydrogens is 694 g/mol. The van der Waals surface area contributed by atoms with Crippen LogP contribution in [0.4, 0.5) is 10.5 Å². The van der Waals surface area contributed by atoms with Crippen molar-refractivity contribution in [1.29, 1.82) is 0 Å². The van der Waals surface area contributed by atoms with Crippen molar-refractivity contribution in [2.24, 2.45) is 5.92 Å². The molecule has 0 aromatic heterocycles. The Balaban J connectivity index is 1.28. The molecule has 6 rings (SSSR count). The number of hydrogen-bond donors (Lipinski definition) is 4. The lowest BCUT2D eigenvalue weighted by Gasteiger charge is -2.38. The number of nitrogens with zero attached hydrogens (tertiary/aromatic N) is 3. The minimum Gasteiger partial charge on any atom is -0.461 e. The highest BCUT2D eigenvalue weighted by Crippen LogP contribution is 2.27. The van der Waals surface area contributed by atoms with Gasteiger partial charge < -0.3 is 40.7 Å². The van der Waals surface area contributed by atoms with Crippen LogP contribution in [0.3, 0.4) is 0 Å². The normalized spacial score (nSPS) is 25.9. The fraction of sp³-hybridized carbons (Fsp3) is 0.513. The summed E-state index contributed by atoms with van der Waals surface area (Å²) in [7, 11) is 0. The molecular formula is C39H49N7O8. The third-order valence-electron chi connectivity index (χ3n) is 10.6. The maximum absolute atomic E-state index is 14.4. The number of amides is 7. The van der Waals surface area contributed by atoms with E-state index < -0.39 is 72.4 Å². The van der Waals surface area contributed by atoms with Gasteiger partial charge in [0.25, 0.3) is 0 Å². The Morgan fingerprint density at radius 2 is 1.56 bits per heavy atom. The molecule has 2 aromatic rings. The van der Waals surface area contributed by atoms with Crippen LogP contribution in [0.1, 0.15) is 56.6 Å². The van der Waals surface area contributed by atoms with E-state index >= 15 is 0 Å². The average Bonchev–Trinajstić information content (AvgIpc) is 3.83. The number of ether oxygens (including phenoxy) is 1. The molecule has 0 radical (unpaired) electrons. The molecule has 4 aliphatic heterocycles. The van der Waals surface area contributed by atoms with Gasteiger partial charge in [-0.1, -0.05) is 55.0 Å². The number of anilines is 1. The van der Waals surface area contributed by atoms with Crippen LogP contribution in [0.25, 0.3) is 0 Å². The van der Waals surface area contributed by atoms with Crippen molar-refractivity contribution in [2.45, 2.75) is 89.0 Å². The topological polar surface area (TPSA) is 187 Å². The number of benzene rings is 2. The Bertz CT molecular complexity index is 1740. The number of hydrogen-bond acceptors (Lipinski definition) is 8. The summed E-state index contributed by atoms with van der Waals surface area (Å²) in [4.78, 5) is 101. The Morgan fingerprint density at radius 3 is 2.31 bits per heavy atom. The molecule has 4 N–H and O–H groups in total. The van der Waals surface area contributed by atoms with Crippen LogP contribution in [0.5, 0.6) is 0 Å². The summed E-state index contributed by atoms with van der Waals surface area (Å²) in [6.07, 6.45) is 3.07. The van der Waals surface area contributed by atoms with Gasteiger partial charge in [-0.3, -0.25) is 24.0 Å². The second-order valence-corrected chi connectivity index (χ2v) is 14.8. The van der Waals surface area contributed by atoms with Gasteiger partial charge >= 0.3 is 12.0 Å². The maximum Gasteiger partial charge on any atom is 0.328 e. The molecule has 54 heavy (non-hydrogen) atoms. The van der Waals surface area contributed by atoms with Gasteiger partial charge in [-0.15, -0.1) is 0 Å². The minimum atomic E-state index is -1.42. The van der Waals surface area contributed by atoms with E-state index in [0.29, 0.717) is 44.3 Å². The van der Waals surface area contributed by atoms with Gasteiger partial charge in [0.15, 0.2) is 0 Å². The van der Waals surface area contributed by atoms with Crippen LogP contribution >= 0.6 is 0 Å². The first kappa shape index (κ1) is 38.3. The Morgan fingerprint density at radius 1 is 0.852 bits per heavy atom. The number of cyclic esters (lactones) is 1. The first-order valence-electron chi connectivity index (χ1n) is 18.8. The summed E-state index contributed by atoms with van der Waals surface area (Å²) < 4.78 is 5.71. The fourth-order valence-corrected chi connectivity index (χ4v) is 7.80. The van der Waals surface area contributed by atoms with E-state index in [1.54, 1.807) is 24.3 Å². The lowest BCUT2D eigenvalue weighted by Crippen LogP contribution is -2.61. The molecule has 0 spiro atoms. The zero-order valence-electron chi connectivity index (χ0n) is 30.8. The van der Waals surface area contributed by atoms with Crippen LogP contribution in [-0.2, 0) is 39.9 Å². The van der Waals surface area contributed by atoms with Crippen LogP contribution in [-0.4, -0.2) is 119 Å². The number of esters is 1. The molecule has 0 saturated carbocycles. The molecule has 4 aliphatic rings. The smallest absolute Gasteiger partial charge is 0.328 e. The molecule has 288 valence electrons. The van der Waals surface area contributed by atoms with Crippen molar-refractivity contribution in [1.82, 2.24) is 30.7 Å². The van der Waals surface area contributed by atoms with Gasteiger partial charge in [-0.2, -0.15) is 0 Å². The number of fused-ring (bicyclic) bond motifs is 3. The lowest BCUT2D eigenvalue weighted by atomic mass is 9.99. The van der Waals surface area contributed by atoms with Crippen molar-refractivity contribution < 1.29 is 38.3 Å². The van der Waals surface area contributed by atoms with Crippen molar-refractivity contribution in [2.75, 3.05) is 38.1 Å². The number of carbonyl (C=O) groups is 7. The molecule has 2 aromatic carbocycles. The predicted molar refractivity (Wildman–Crippen MR) is 197 cm³/mol. The zero-order chi connectivity index (χ0) is 38.4. The van der Waals surface area contributed by atoms with Crippen LogP contribution < -0.4 is 21.3 Å². The number of rotatable bonds is 6. The van der Waals surface area contributed by atoms with Crippen molar-refractivity contribution in [3.05, 3.63) is 65.7 Å². The van der Waals surface area contributed by atoms with E-state index in [9.17, 15) is 33.6 Å². The second kappa shape index (κ2) is 17.1. The van der Waals surface area contributed by atoms with E-state index in [0.717, 1.165) is 17.5 Å². The van der Waals surface area contributed by atoms with Crippen LogP contribution in [0, 0.1) is 12.8 Å². The van der Waals surface area contributed by atoms with Gasteiger partial charge in [0.05, 0.1) is 6.54 Å². The molecule has 4 fully saturated rings. The largest absolute Gasteiger partial charge is 0.461 e. The molecule has 6 atom stereocenters. The Hall–Kier alpha value is -5.47. The third kappa shape index (κ3) is 9.00. The minimum absolute atomic E-state index is 0.0332. The van der Waals surface area contributed by atoms with Gasteiger partial charge in [0, 0.05) is 31.7 Å². The number of carbonyl (C=O) groups excluding carboxylic acids is 7. The zero-order valence-corrected chi connectivity index (χ0v) is 30.8. The SMILES string of the molecule is Cc1ccc(NC(=O)N[C@@H](Cc2ccccc2)C(=O)N[C@H]2COC(=O)[C@@H]3C[C@@H](C)CN3C(=O)CNC(=O)[C@@H]3CCCCN3C(=O)[C@@H]3CCCN3C2=O)cc1. The molecule has 7 amide bonds. The predicted octanol–water partition coefficient (Wildman–Crippen LogP) is 1.49. The third-order valence-corrected chi connectivity index (χ3v) is 10.6. The maximum atomic E-state index is 14.4. The molecule has 15 nitrogen and oxygen atoms in total. The molecule has 0 aliphatic carbocycles. The van der Waals surface area contributed by atoms with Crippen molar-refractivity contribution in [3.8, 4) is 0 Å². The van der Waals surface area contributed by atoms with Gasteiger partial charge in [-0.05, 0) is 69.1 Å². The van der Waals surface area contributed by atoms with Crippen molar-refractivity contribution in [3.63, 3.8) is 0 Å². The summed E-state index contributed by atoms with van der Waals surface area (Å²) in [5, 5.41) is 10.9. The summed E-state index contributed by atoms with van der Waals surface area (Å²) in [5.74, 6) is -3.42. The average molecular weight is 744 g/mol. The molecule has 4 heterocycles. The van der Waals surface area contributed by atoms with Gasteiger partial charge in [-0.25, -0.2) is 9.59 Å². The highest BCUT2D eigenvalue weighted by molar-refractivity contribution is 5.98. The summed E-state index contributed by atoms with van der Waals surface area (Å²) in [5.41, 5.74) is 2.27.